The van der Waals surface area contributed by atoms with Crippen molar-refractivity contribution < 1.29 is 9.72 Å². The standard InChI is InChI=1S/C12H18N4O3S/c1-8(7-20-3)5-15-12(17)9-4-11(13-2)14-6-10(9)16(18)19/h4,6,8H,5,7H2,1-3H3,(H,13,14)(H,15,17). The van der Waals surface area contributed by atoms with E-state index in [1.807, 2.05) is 13.2 Å². The second kappa shape index (κ2) is 7.68. The first-order valence-corrected chi connectivity index (χ1v) is 7.48. The molecule has 0 saturated heterocycles. The van der Waals surface area contributed by atoms with E-state index in [0.29, 0.717) is 18.3 Å². The Morgan fingerprint density at radius 1 is 1.60 bits per heavy atom. The summed E-state index contributed by atoms with van der Waals surface area (Å²) in [4.78, 5) is 26.2. The number of amides is 1. The highest BCUT2D eigenvalue weighted by Crippen LogP contribution is 2.20. The minimum atomic E-state index is -0.604. The number of nitrogens with zero attached hydrogens (tertiary/aromatic N) is 2. The molecule has 1 heterocycles. The van der Waals surface area contributed by atoms with E-state index in [2.05, 4.69) is 15.6 Å². The summed E-state index contributed by atoms with van der Waals surface area (Å²) in [5.41, 5.74) is -0.273. The van der Waals surface area contributed by atoms with Crippen molar-refractivity contribution in [2.24, 2.45) is 5.92 Å². The molecule has 2 N–H and O–H groups in total. The molecule has 1 aromatic heterocycles. The van der Waals surface area contributed by atoms with Gasteiger partial charge in [0.05, 0.1) is 4.92 Å². The summed E-state index contributed by atoms with van der Waals surface area (Å²) >= 11 is 1.69. The Kier molecular flexibility index (Phi) is 6.23. The summed E-state index contributed by atoms with van der Waals surface area (Å²) < 4.78 is 0. The molecular weight excluding hydrogens is 280 g/mol. The number of anilines is 1. The quantitative estimate of drug-likeness (QED) is 0.588. The summed E-state index contributed by atoms with van der Waals surface area (Å²) in [7, 11) is 1.64. The molecule has 1 unspecified atom stereocenters. The van der Waals surface area contributed by atoms with Crippen molar-refractivity contribution in [1.29, 1.82) is 0 Å². The molecule has 0 radical (unpaired) electrons. The van der Waals surface area contributed by atoms with E-state index in [0.717, 1.165) is 11.9 Å². The lowest BCUT2D eigenvalue weighted by molar-refractivity contribution is -0.385. The third kappa shape index (κ3) is 4.37. The average Bonchev–Trinajstić information content (AvgIpc) is 2.44. The molecule has 0 bridgehead atoms. The maximum atomic E-state index is 12.1. The largest absolute Gasteiger partial charge is 0.373 e. The van der Waals surface area contributed by atoms with Gasteiger partial charge in [-0.3, -0.25) is 14.9 Å². The summed E-state index contributed by atoms with van der Waals surface area (Å²) in [6, 6.07) is 1.38. The Hall–Kier alpha value is -1.83. The van der Waals surface area contributed by atoms with Crippen molar-refractivity contribution in [3.63, 3.8) is 0 Å². The van der Waals surface area contributed by atoms with Gasteiger partial charge in [0, 0.05) is 19.7 Å². The third-order valence-electron chi connectivity index (χ3n) is 2.64. The monoisotopic (exact) mass is 298 g/mol. The number of hydrogen-bond donors (Lipinski definition) is 2. The number of thioether (sulfide) groups is 1. The Labute approximate surface area is 121 Å². The fraction of sp³-hybridized carbons (Fsp3) is 0.500. The lowest BCUT2D eigenvalue weighted by atomic mass is 10.2. The van der Waals surface area contributed by atoms with E-state index in [4.69, 9.17) is 0 Å². The molecule has 8 heteroatoms. The van der Waals surface area contributed by atoms with E-state index >= 15 is 0 Å². The molecule has 0 aromatic carbocycles. The van der Waals surface area contributed by atoms with E-state index in [1.54, 1.807) is 18.8 Å². The van der Waals surface area contributed by atoms with E-state index in [-0.39, 0.29) is 11.3 Å². The second-order valence-electron chi connectivity index (χ2n) is 4.36. The maximum Gasteiger partial charge on any atom is 0.300 e. The lowest BCUT2D eigenvalue weighted by Crippen LogP contribution is -2.29. The number of pyridine rings is 1. The van der Waals surface area contributed by atoms with Crippen molar-refractivity contribution in [3.8, 4) is 0 Å². The van der Waals surface area contributed by atoms with Crippen LogP contribution in [0.5, 0.6) is 0 Å². The fourth-order valence-electron chi connectivity index (χ4n) is 1.62. The van der Waals surface area contributed by atoms with Crippen LogP contribution in [0.1, 0.15) is 17.3 Å². The molecule has 20 heavy (non-hydrogen) atoms. The van der Waals surface area contributed by atoms with Crippen LogP contribution in [-0.2, 0) is 0 Å². The van der Waals surface area contributed by atoms with E-state index in [9.17, 15) is 14.9 Å². The van der Waals surface area contributed by atoms with Gasteiger partial charge in [-0.2, -0.15) is 11.8 Å². The minimum Gasteiger partial charge on any atom is -0.373 e. The number of aromatic nitrogens is 1. The topological polar surface area (TPSA) is 97.2 Å². The van der Waals surface area contributed by atoms with Gasteiger partial charge in [0.25, 0.3) is 11.6 Å². The SMILES string of the molecule is CNc1cc(C(=O)NCC(C)CSC)c([N+](=O)[O-])cn1. The first-order chi connectivity index (χ1) is 9.49. The maximum absolute atomic E-state index is 12.1. The van der Waals surface area contributed by atoms with Gasteiger partial charge in [-0.25, -0.2) is 4.98 Å². The van der Waals surface area contributed by atoms with Gasteiger partial charge in [-0.15, -0.1) is 0 Å². The van der Waals surface area contributed by atoms with Crippen LogP contribution < -0.4 is 10.6 Å². The number of carbonyl (C=O) groups excluding carboxylic acids is 1. The highest BCUT2D eigenvalue weighted by molar-refractivity contribution is 7.98. The van der Waals surface area contributed by atoms with Crippen molar-refractivity contribution >= 4 is 29.2 Å². The van der Waals surface area contributed by atoms with E-state index in [1.165, 1.54) is 6.07 Å². The van der Waals surface area contributed by atoms with Gasteiger partial charge in [0.15, 0.2) is 0 Å². The molecule has 0 spiro atoms. The Morgan fingerprint density at radius 2 is 2.30 bits per heavy atom. The van der Waals surface area contributed by atoms with E-state index < -0.39 is 10.8 Å². The van der Waals surface area contributed by atoms with Crippen LogP contribution in [-0.4, -0.2) is 41.4 Å². The fourth-order valence-corrected chi connectivity index (χ4v) is 2.30. The normalized spacial score (nSPS) is 11.8. The molecule has 0 aliphatic heterocycles. The molecule has 0 aliphatic rings. The van der Waals surface area contributed by atoms with Crippen molar-refractivity contribution in [2.75, 3.05) is 30.9 Å². The minimum absolute atomic E-state index is 0.0192. The Bertz CT molecular complexity index is 496. The molecular formula is C12H18N4O3S. The third-order valence-corrected chi connectivity index (χ3v) is 3.55. The Morgan fingerprint density at radius 3 is 2.85 bits per heavy atom. The summed E-state index contributed by atoms with van der Waals surface area (Å²) in [5, 5.41) is 16.4. The molecule has 1 rings (SSSR count). The van der Waals surface area contributed by atoms with Gasteiger partial charge in [0.2, 0.25) is 0 Å². The van der Waals surface area contributed by atoms with Gasteiger partial charge < -0.3 is 10.6 Å². The van der Waals surface area contributed by atoms with Crippen LogP contribution in [0.2, 0.25) is 0 Å². The molecule has 110 valence electrons. The second-order valence-corrected chi connectivity index (χ2v) is 5.28. The van der Waals surface area contributed by atoms with Crippen LogP contribution in [0, 0.1) is 16.0 Å². The summed E-state index contributed by atoms with van der Waals surface area (Å²) in [5.74, 6) is 1.18. The molecule has 0 saturated carbocycles. The lowest BCUT2D eigenvalue weighted by Gasteiger charge is -2.11. The van der Waals surface area contributed by atoms with Crippen LogP contribution in [0.4, 0.5) is 11.5 Å². The van der Waals surface area contributed by atoms with Gasteiger partial charge in [0.1, 0.15) is 17.6 Å². The van der Waals surface area contributed by atoms with Gasteiger partial charge in [-0.05, 0) is 17.9 Å². The highest BCUT2D eigenvalue weighted by atomic mass is 32.2. The van der Waals surface area contributed by atoms with Crippen molar-refractivity contribution in [1.82, 2.24) is 10.3 Å². The molecule has 7 nitrogen and oxygen atoms in total. The molecule has 1 atom stereocenters. The van der Waals surface area contributed by atoms with Crippen LogP contribution >= 0.6 is 11.8 Å². The highest BCUT2D eigenvalue weighted by Gasteiger charge is 2.21. The predicted molar refractivity (Wildman–Crippen MR) is 80.3 cm³/mol. The molecule has 1 aromatic rings. The first kappa shape index (κ1) is 16.2. The number of nitrogens with one attached hydrogen (secondary N) is 2. The number of carbonyl (C=O) groups is 1. The predicted octanol–water partition coefficient (Wildman–Crippen LogP) is 1.76. The number of nitro groups is 1. The average molecular weight is 298 g/mol. The Balaban J connectivity index is 2.87. The zero-order valence-electron chi connectivity index (χ0n) is 11.7. The van der Waals surface area contributed by atoms with Crippen LogP contribution in [0.25, 0.3) is 0 Å². The smallest absolute Gasteiger partial charge is 0.300 e. The van der Waals surface area contributed by atoms with Crippen LogP contribution in [0.3, 0.4) is 0 Å². The number of rotatable bonds is 7. The zero-order valence-corrected chi connectivity index (χ0v) is 12.5. The van der Waals surface area contributed by atoms with Gasteiger partial charge in [-0.1, -0.05) is 6.92 Å². The van der Waals surface area contributed by atoms with Gasteiger partial charge >= 0.3 is 0 Å². The summed E-state index contributed by atoms with van der Waals surface area (Å²) in [6.45, 7) is 2.49. The molecule has 0 aliphatic carbocycles. The van der Waals surface area contributed by atoms with Crippen molar-refractivity contribution in [3.05, 3.63) is 27.9 Å². The first-order valence-electron chi connectivity index (χ1n) is 6.09. The number of hydrogen-bond acceptors (Lipinski definition) is 6. The zero-order chi connectivity index (χ0) is 15.1. The molecule has 1 amide bonds. The van der Waals surface area contributed by atoms with Crippen LogP contribution in [0.15, 0.2) is 12.3 Å². The van der Waals surface area contributed by atoms with Crippen molar-refractivity contribution in [2.45, 2.75) is 6.92 Å². The molecule has 0 fully saturated rings. The summed E-state index contributed by atoms with van der Waals surface area (Å²) in [6.07, 6.45) is 3.08.